The first kappa shape index (κ1) is 17.9. The smallest absolute Gasteiger partial charge is 0.264 e. The maximum atomic E-state index is 12.9. The van der Waals surface area contributed by atoms with Gasteiger partial charge < -0.3 is 15.5 Å². The molecule has 0 aliphatic carbocycles. The van der Waals surface area contributed by atoms with Crippen LogP contribution in [0.1, 0.15) is 35.0 Å². The molecule has 5 nitrogen and oxygen atoms in total. The second-order valence-corrected chi connectivity index (χ2v) is 7.62. The summed E-state index contributed by atoms with van der Waals surface area (Å²) in [6.45, 7) is 6.29. The lowest BCUT2D eigenvalue weighted by molar-refractivity contribution is -0.134. The number of amides is 2. The Morgan fingerprint density at radius 3 is 2.44 bits per heavy atom. The van der Waals surface area contributed by atoms with Crippen LogP contribution in [0, 0.1) is 6.92 Å². The van der Waals surface area contributed by atoms with Crippen LogP contribution in [0.3, 0.4) is 0 Å². The molecule has 1 aromatic carbocycles. The van der Waals surface area contributed by atoms with Crippen LogP contribution >= 0.6 is 11.3 Å². The number of carbonyl (C=O) groups is 2. The van der Waals surface area contributed by atoms with E-state index in [1.165, 1.54) is 0 Å². The Hall–Kier alpha value is -1.92. The minimum Gasteiger partial charge on any atom is -0.338 e. The van der Waals surface area contributed by atoms with Crippen molar-refractivity contribution in [2.45, 2.75) is 32.7 Å². The van der Waals surface area contributed by atoms with Crippen LogP contribution in [0.4, 0.5) is 0 Å². The molecular formula is C19H25N3O2S. The third kappa shape index (κ3) is 3.55. The van der Waals surface area contributed by atoms with E-state index in [0.717, 1.165) is 26.9 Å². The number of benzene rings is 1. The summed E-state index contributed by atoms with van der Waals surface area (Å²) in [5.74, 6) is 0.0793. The molecular weight excluding hydrogens is 334 g/mol. The van der Waals surface area contributed by atoms with E-state index in [0.29, 0.717) is 32.6 Å². The third-order valence-electron chi connectivity index (χ3n) is 4.83. The quantitative estimate of drug-likeness (QED) is 0.912. The predicted octanol–water partition coefficient (Wildman–Crippen LogP) is 2.62. The molecule has 0 radical (unpaired) electrons. The number of fused-ring (bicyclic) bond motifs is 1. The molecule has 1 unspecified atom stereocenters. The van der Waals surface area contributed by atoms with E-state index in [1.807, 2.05) is 30.9 Å². The summed E-state index contributed by atoms with van der Waals surface area (Å²) in [5, 5.41) is 1.15. The third-order valence-corrected chi connectivity index (χ3v) is 6.09. The zero-order valence-corrected chi connectivity index (χ0v) is 15.6. The summed E-state index contributed by atoms with van der Waals surface area (Å²) >= 11 is 1.55. The second kappa shape index (κ2) is 7.54. The van der Waals surface area contributed by atoms with E-state index in [4.69, 9.17) is 5.73 Å². The molecule has 2 N–H and O–H groups in total. The lowest BCUT2D eigenvalue weighted by atomic mass is 10.1. The van der Waals surface area contributed by atoms with Gasteiger partial charge >= 0.3 is 0 Å². The predicted molar refractivity (Wildman–Crippen MR) is 102 cm³/mol. The van der Waals surface area contributed by atoms with Crippen LogP contribution in [-0.4, -0.2) is 53.8 Å². The van der Waals surface area contributed by atoms with Crippen molar-refractivity contribution >= 4 is 33.2 Å². The fourth-order valence-corrected chi connectivity index (χ4v) is 4.50. The number of thiophene rings is 1. The van der Waals surface area contributed by atoms with Crippen molar-refractivity contribution in [3.8, 4) is 0 Å². The van der Waals surface area contributed by atoms with Crippen molar-refractivity contribution < 1.29 is 9.59 Å². The Bertz CT molecular complexity index is 778. The molecule has 2 heterocycles. The van der Waals surface area contributed by atoms with Gasteiger partial charge in [0.2, 0.25) is 5.91 Å². The molecule has 1 aromatic heterocycles. The normalized spacial score (nSPS) is 16.3. The first-order valence-electron chi connectivity index (χ1n) is 8.84. The second-order valence-electron chi connectivity index (χ2n) is 6.57. The molecule has 1 atom stereocenters. The molecule has 1 aliphatic heterocycles. The van der Waals surface area contributed by atoms with E-state index in [9.17, 15) is 9.59 Å². The topological polar surface area (TPSA) is 66.6 Å². The van der Waals surface area contributed by atoms with Gasteiger partial charge in [-0.15, -0.1) is 11.3 Å². The SMILES string of the molecule is CCCC(N)C(=O)N1CCN(C(=O)c2sc3ccccc3c2C)CC1. The Balaban J connectivity index is 1.67. The number of nitrogens with two attached hydrogens (primary N) is 1. The highest BCUT2D eigenvalue weighted by atomic mass is 32.1. The minimum atomic E-state index is -0.419. The van der Waals surface area contributed by atoms with Gasteiger partial charge in [0.1, 0.15) is 0 Å². The molecule has 1 fully saturated rings. The Morgan fingerprint density at radius 2 is 1.80 bits per heavy atom. The van der Waals surface area contributed by atoms with Gasteiger partial charge in [-0.3, -0.25) is 9.59 Å². The maximum Gasteiger partial charge on any atom is 0.264 e. The number of piperazine rings is 1. The van der Waals surface area contributed by atoms with Gasteiger partial charge in [0.25, 0.3) is 5.91 Å². The standard InChI is InChI=1S/C19H25N3O2S/c1-3-6-15(20)18(23)21-9-11-22(12-10-21)19(24)17-13(2)14-7-4-5-8-16(14)25-17/h4-5,7-8,15H,3,6,9-12,20H2,1-2H3. The van der Waals surface area contributed by atoms with Gasteiger partial charge in [-0.25, -0.2) is 0 Å². The fraction of sp³-hybridized carbons (Fsp3) is 0.474. The number of rotatable bonds is 4. The van der Waals surface area contributed by atoms with Crippen LogP contribution in [0.25, 0.3) is 10.1 Å². The monoisotopic (exact) mass is 359 g/mol. The number of aryl methyl sites for hydroxylation is 1. The highest BCUT2D eigenvalue weighted by molar-refractivity contribution is 7.21. The molecule has 2 aromatic rings. The number of nitrogens with zero attached hydrogens (tertiary/aromatic N) is 2. The average molecular weight is 359 g/mol. The van der Waals surface area contributed by atoms with Crippen molar-refractivity contribution in [1.29, 1.82) is 0 Å². The minimum absolute atomic E-state index is 0.00647. The van der Waals surface area contributed by atoms with Crippen molar-refractivity contribution in [3.05, 3.63) is 34.7 Å². The van der Waals surface area contributed by atoms with E-state index < -0.39 is 6.04 Å². The van der Waals surface area contributed by atoms with Crippen molar-refractivity contribution in [1.82, 2.24) is 9.80 Å². The van der Waals surface area contributed by atoms with Crippen LogP contribution in [0.5, 0.6) is 0 Å². The van der Waals surface area contributed by atoms with Crippen LogP contribution < -0.4 is 5.73 Å². The van der Waals surface area contributed by atoms with Gasteiger partial charge in [-0.1, -0.05) is 31.5 Å². The van der Waals surface area contributed by atoms with E-state index in [2.05, 4.69) is 12.1 Å². The Labute approximate surface area is 152 Å². The van der Waals surface area contributed by atoms with Crippen LogP contribution in [-0.2, 0) is 4.79 Å². The molecule has 6 heteroatoms. The van der Waals surface area contributed by atoms with Gasteiger partial charge in [0, 0.05) is 30.9 Å². The van der Waals surface area contributed by atoms with Gasteiger partial charge in [0.05, 0.1) is 10.9 Å². The maximum absolute atomic E-state index is 12.9. The van der Waals surface area contributed by atoms with Crippen molar-refractivity contribution in [3.63, 3.8) is 0 Å². The van der Waals surface area contributed by atoms with E-state index in [1.54, 1.807) is 16.2 Å². The molecule has 2 amide bonds. The van der Waals surface area contributed by atoms with Gasteiger partial charge in [0.15, 0.2) is 0 Å². The largest absolute Gasteiger partial charge is 0.338 e. The first-order valence-corrected chi connectivity index (χ1v) is 9.66. The number of hydrogen-bond acceptors (Lipinski definition) is 4. The molecule has 1 saturated heterocycles. The molecule has 1 aliphatic rings. The summed E-state index contributed by atoms with van der Waals surface area (Å²) in [6, 6.07) is 7.69. The average Bonchev–Trinajstić information content (AvgIpc) is 2.98. The summed E-state index contributed by atoms with van der Waals surface area (Å²) in [7, 11) is 0. The Morgan fingerprint density at radius 1 is 1.16 bits per heavy atom. The Kier molecular flexibility index (Phi) is 5.39. The van der Waals surface area contributed by atoms with Crippen LogP contribution in [0.15, 0.2) is 24.3 Å². The first-order chi connectivity index (χ1) is 12.0. The zero-order valence-electron chi connectivity index (χ0n) is 14.8. The fourth-order valence-electron chi connectivity index (χ4n) is 3.32. The summed E-state index contributed by atoms with van der Waals surface area (Å²) in [4.78, 5) is 29.7. The lowest BCUT2D eigenvalue weighted by Crippen LogP contribution is -2.54. The van der Waals surface area contributed by atoms with E-state index >= 15 is 0 Å². The number of hydrogen-bond donors (Lipinski definition) is 1. The molecule has 134 valence electrons. The highest BCUT2D eigenvalue weighted by Gasteiger charge is 2.28. The van der Waals surface area contributed by atoms with E-state index in [-0.39, 0.29) is 11.8 Å². The summed E-state index contributed by atoms with van der Waals surface area (Å²) in [6.07, 6.45) is 1.61. The van der Waals surface area contributed by atoms with Crippen molar-refractivity contribution in [2.75, 3.05) is 26.2 Å². The molecule has 25 heavy (non-hydrogen) atoms. The summed E-state index contributed by atoms with van der Waals surface area (Å²) in [5.41, 5.74) is 6.99. The zero-order chi connectivity index (χ0) is 18.0. The highest BCUT2D eigenvalue weighted by Crippen LogP contribution is 2.31. The lowest BCUT2D eigenvalue weighted by Gasteiger charge is -2.35. The molecule has 0 saturated carbocycles. The van der Waals surface area contributed by atoms with Crippen molar-refractivity contribution in [2.24, 2.45) is 5.73 Å². The number of carbonyl (C=O) groups excluding carboxylic acids is 2. The van der Waals surface area contributed by atoms with Gasteiger partial charge in [-0.05, 0) is 30.4 Å². The molecule has 3 rings (SSSR count). The summed E-state index contributed by atoms with van der Waals surface area (Å²) < 4.78 is 1.14. The molecule has 0 spiro atoms. The van der Waals surface area contributed by atoms with Crippen LogP contribution in [0.2, 0.25) is 0 Å². The van der Waals surface area contributed by atoms with Gasteiger partial charge in [-0.2, -0.15) is 0 Å². The molecule has 0 bridgehead atoms.